The number of hydrogen-bond acceptors (Lipinski definition) is 2. The van der Waals surface area contributed by atoms with Crippen LogP contribution in [0.2, 0.25) is 0 Å². The van der Waals surface area contributed by atoms with Gasteiger partial charge in [-0.3, -0.25) is 4.90 Å². The zero-order valence-electron chi connectivity index (χ0n) is 12.7. The summed E-state index contributed by atoms with van der Waals surface area (Å²) in [6.07, 6.45) is 0.698. The van der Waals surface area contributed by atoms with E-state index in [0.29, 0.717) is 6.04 Å². The molecule has 0 bridgehead atoms. The number of benzene rings is 2. The molecule has 1 aliphatic rings. The van der Waals surface area contributed by atoms with E-state index in [4.69, 9.17) is 0 Å². The molecule has 0 fully saturated rings. The van der Waals surface area contributed by atoms with Crippen LogP contribution in [0.5, 0.6) is 0 Å². The quantitative estimate of drug-likeness (QED) is 0.926. The second-order valence-electron chi connectivity index (χ2n) is 6.09. The maximum Gasteiger partial charge on any atom is 0.0837 e. The van der Waals surface area contributed by atoms with Gasteiger partial charge in [0.2, 0.25) is 0 Å². The van der Waals surface area contributed by atoms with Crippen LogP contribution in [0.25, 0.3) is 0 Å². The van der Waals surface area contributed by atoms with Crippen LogP contribution in [-0.4, -0.2) is 23.6 Å². The second-order valence-corrected chi connectivity index (χ2v) is 6.09. The summed E-state index contributed by atoms with van der Waals surface area (Å²) in [7, 11) is 2.17. The third-order valence-electron chi connectivity index (χ3n) is 4.70. The van der Waals surface area contributed by atoms with Crippen molar-refractivity contribution in [3.05, 3.63) is 71.3 Å². The molecule has 0 radical (unpaired) electrons. The van der Waals surface area contributed by atoms with Crippen molar-refractivity contribution in [1.29, 1.82) is 0 Å². The normalized spacial score (nSPS) is 24.3. The van der Waals surface area contributed by atoms with Crippen LogP contribution >= 0.6 is 0 Å². The van der Waals surface area contributed by atoms with Gasteiger partial charge in [0.15, 0.2) is 0 Å². The van der Waals surface area contributed by atoms with Crippen LogP contribution in [0, 0.1) is 5.92 Å². The van der Waals surface area contributed by atoms with Crippen molar-refractivity contribution in [2.45, 2.75) is 25.5 Å². The fraction of sp³-hybridized carbons (Fsp3) is 0.368. The molecule has 0 amide bonds. The van der Waals surface area contributed by atoms with Crippen LogP contribution in [0.3, 0.4) is 0 Å². The lowest BCUT2D eigenvalue weighted by atomic mass is 9.99. The molecule has 3 atom stereocenters. The third-order valence-corrected chi connectivity index (χ3v) is 4.70. The number of fused-ring (bicyclic) bond motifs is 1. The minimum Gasteiger partial charge on any atom is -0.388 e. The summed E-state index contributed by atoms with van der Waals surface area (Å²) in [5.74, 6) is 0.239. The van der Waals surface area contributed by atoms with Crippen molar-refractivity contribution in [3.63, 3.8) is 0 Å². The predicted octanol–water partition coefficient (Wildman–Crippen LogP) is 3.59. The Morgan fingerprint density at radius 1 is 0.952 bits per heavy atom. The maximum atomic E-state index is 10.4. The van der Waals surface area contributed by atoms with E-state index in [1.807, 2.05) is 6.07 Å². The number of hydrogen-bond donors (Lipinski definition) is 1. The molecule has 3 rings (SSSR count). The van der Waals surface area contributed by atoms with Gasteiger partial charge in [-0.05, 0) is 30.2 Å². The summed E-state index contributed by atoms with van der Waals surface area (Å²) >= 11 is 0. The molecule has 0 saturated carbocycles. The summed E-state index contributed by atoms with van der Waals surface area (Å²) in [6, 6.07) is 19.2. The Morgan fingerprint density at radius 2 is 1.57 bits per heavy atom. The Bertz CT molecular complexity index is 596. The van der Waals surface area contributed by atoms with Gasteiger partial charge in [0.05, 0.1) is 6.10 Å². The van der Waals surface area contributed by atoms with E-state index in [-0.39, 0.29) is 12.0 Å². The van der Waals surface area contributed by atoms with Gasteiger partial charge in [-0.1, -0.05) is 61.5 Å². The summed E-state index contributed by atoms with van der Waals surface area (Å²) in [4.78, 5) is 2.38. The van der Waals surface area contributed by atoms with Crippen LogP contribution in [-0.2, 0) is 6.42 Å². The van der Waals surface area contributed by atoms with Crippen molar-refractivity contribution in [3.8, 4) is 0 Å². The van der Waals surface area contributed by atoms with Gasteiger partial charge in [0, 0.05) is 18.5 Å². The van der Waals surface area contributed by atoms with Crippen LogP contribution in [0.4, 0.5) is 0 Å². The van der Waals surface area contributed by atoms with Crippen LogP contribution < -0.4 is 0 Å². The van der Waals surface area contributed by atoms with Crippen molar-refractivity contribution < 1.29 is 5.11 Å². The Kier molecular flexibility index (Phi) is 4.09. The Hall–Kier alpha value is -1.64. The SMILES string of the molecule is CC1C(O)c2ccccc2C1N(C)CCc1ccccc1. The highest BCUT2D eigenvalue weighted by Crippen LogP contribution is 2.45. The van der Waals surface area contributed by atoms with Crippen molar-refractivity contribution >= 4 is 0 Å². The average Bonchev–Trinajstić information content (AvgIpc) is 2.78. The number of rotatable bonds is 4. The fourth-order valence-electron chi connectivity index (χ4n) is 3.52. The highest BCUT2D eigenvalue weighted by atomic mass is 16.3. The summed E-state index contributed by atoms with van der Waals surface area (Å²) in [5.41, 5.74) is 3.75. The van der Waals surface area contributed by atoms with E-state index in [9.17, 15) is 5.11 Å². The fourth-order valence-corrected chi connectivity index (χ4v) is 3.52. The molecule has 0 spiro atoms. The number of likely N-dealkylation sites (N-methyl/N-ethyl adjacent to an activating group) is 1. The lowest BCUT2D eigenvalue weighted by molar-refractivity contribution is 0.0786. The van der Waals surface area contributed by atoms with Crippen molar-refractivity contribution in [1.82, 2.24) is 4.90 Å². The maximum absolute atomic E-state index is 10.4. The van der Waals surface area contributed by atoms with Gasteiger partial charge in [0.1, 0.15) is 0 Å². The smallest absolute Gasteiger partial charge is 0.0837 e. The van der Waals surface area contributed by atoms with Gasteiger partial charge in [-0.15, -0.1) is 0 Å². The van der Waals surface area contributed by atoms with Crippen LogP contribution in [0.15, 0.2) is 54.6 Å². The van der Waals surface area contributed by atoms with Gasteiger partial charge < -0.3 is 5.11 Å². The van der Waals surface area contributed by atoms with Gasteiger partial charge in [0.25, 0.3) is 0 Å². The van der Waals surface area contributed by atoms with E-state index in [2.05, 4.69) is 67.4 Å². The molecule has 1 N–H and O–H groups in total. The third kappa shape index (κ3) is 2.74. The zero-order valence-corrected chi connectivity index (χ0v) is 12.7. The highest BCUT2D eigenvalue weighted by molar-refractivity contribution is 5.37. The molecule has 1 aliphatic carbocycles. The number of aliphatic hydroxyl groups excluding tert-OH is 1. The minimum atomic E-state index is -0.342. The van der Waals surface area contributed by atoms with Gasteiger partial charge in [-0.2, -0.15) is 0 Å². The molecule has 2 aromatic carbocycles. The molecule has 21 heavy (non-hydrogen) atoms. The largest absolute Gasteiger partial charge is 0.388 e. The lowest BCUT2D eigenvalue weighted by Crippen LogP contribution is -2.29. The summed E-state index contributed by atoms with van der Waals surface area (Å²) in [6.45, 7) is 3.15. The minimum absolute atomic E-state index is 0.239. The molecule has 0 saturated heterocycles. The first-order valence-corrected chi connectivity index (χ1v) is 7.69. The number of aliphatic hydroxyl groups is 1. The van der Waals surface area contributed by atoms with Crippen molar-refractivity contribution in [2.24, 2.45) is 5.92 Å². The molecule has 3 unspecified atom stereocenters. The van der Waals surface area contributed by atoms with Gasteiger partial charge in [-0.25, -0.2) is 0 Å². The predicted molar refractivity (Wildman–Crippen MR) is 86.1 cm³/mol. The lowest BCUT2D eigenvalue weighted by Gasteiger charge is -2.29. The van der Waals surface area contributed by atoms with Crippen LogP contribution in [0.1, 0.15) is 35.8 Å². The van der Waals surface area contributed by atoms with E-state index < -0.39 is 0 Å². The van der Waals surface area contributed by atoms with E-state index in [1.165, 1.54) is 11.1 Å². The summed E-state index contributed by atoms with van der Waals surface area (Å²) in [5, 5.41) is 10.4. The first-order chi connectivity index (χ1) is 10.2. The van der Waals surface area contributed by atoms with E-state index in [0.717, 1.165) is 18.5 Å². The standard InChI is InChI=1S/C19H23NO/c1-14-18(16-10-6-7-11-17(16)19(14)21)20(2)13-12-15-8-4-3-5-9-15/h3-11,14,18-19,21H,12-13H2,1-2H3. The monoisotopic (exact) mass is 281 g/mol. The summed E-state index contributed by atoms with van der Waals surface area (Å²) < 4.78 is 0. The average molecular weight is 281 g/mol. The first-order valence-electron chi connectivity index (χ1n) is 7.69. The molecule has 2 aromatic rings. The number of nitrogens with zero attached hydrogens (tertiary/aromatic N) is 1. The topological polar surface area (TPSA) is 23.5 Å². The Balaban J connectivity index is 1.74. The molecule has 2 heteroatoms. The van der Waals surface area contributed by atoms with Gasteiger partial charge >= 0.3 is 0 Å². The molecule has 0 aliphatic heterocycles. The molecular weight excluding hydrogens is 258 g/mol. The second kappa shape index (κ2) is 6.00. The van der Waals surface area contributed by atoms with Crippen molar-refractivity contribution in [2.75, 3.05) is 13.6 Å². The molecule has 2 nitrogen and oxygen atoms in total. The molecule has 0 aromatic heterocycles. The zero-order chi connectivity index (χ0) is 14.8. The first kappa shape index (κ1) is 14.3. The van der Waals surface area contributed by atoms with E-state index in [1.54, 1.807) is 0 Å². The molecular formula is C19H23NO. The Labute approximate surface area is 127 Å². The molecule has 0 heterocycles. The highest BCUT2D eigenvalue weighted by Gasteiger charge is 2.38. The molecule has 110 valence electrons. The van der Waals surface area contributed by atoms with E-state index >= 15 is 0 Å². The Morgan fingerprint density at radius 3 is 2.29 bits per heavy atom.